The summed E-state index contributed by atoms with van der Waals surface area (Å²) in [6.07, 6.45) is 0. The van der Waals surface area contributed by atoms with Gasteiger partial charge in [0.25, 0.3) is 5.91 Å². The first-order chi connectivity index (χ1) is 19.7. The zero-order chi connectivity index (χ0) is 29.5. The fourth-order valence-corrected chi connectivity index (χ4v) is 4.22. The van der Waals surface area contributed by atoms with Crippen LogP contribution in [0.5, 0.6) is 17.2 Å². The molecule has 1 amide bonds. The Morgan fingerprint density at radius 1 is 0.634 bits per heavy atom. The second-order valence-electron chi connectivity index (χ2n) is 8.89. The van der Waals surface area contributed by atoms with E-state index in [1.54, 1.807) is 48.5 Å². The second-order valence-corrected chi connectivity index (χ2v) is 8.89. The molecule has 0 heterocycles. The molecule has 0 aromatic heterocycles. The van der Waals surface area contributed by atoms with Crippen molar-refractivity contribution in [2.75, 3.05) is 7.11 Å². The minimum Gasteiger partial charge on any atom is -0.496 e. The number of hydrogen-bond donors (Lipinski definition) is 3. The number of benzene rings is 4. The Labute approximate surface area is 234 Å². The van der Waals surface area contributed by atoms with Gasteiger partial charge in [-0.3, -0.25) is 4.79 Å². The van der Waals surface area contributed by atoms with E-state index >= 15 is 0 Å². The largest absolute Gasteiger partial charge is 0.496 e. The minimum absolute atomic E-state index is 0.00461. The van der Waals surface area contributed by atoms with E-state index in [0.717, 1.165) is 6.07 Å². The first-order valence-corrected chi connectivity index (χ1v) is 12.3. The summed E-state index contributed by atoms with van der Waals surface area (Å²) < 4.78 is 11.2. The summed E-state index contributed by atoms with van der Waals surface area (Å²) in [5.41, 5.74) is -1.24. The van der Waals surface area contributed by atoms with Crippen LogP contribution in [0.25, 0.3) is 0 Å². The van der Waals surface area contributed by atoms with Crippen molar-refractivity contribution in [3.05, 3.63) is 124 Å². The maximum Gasteiger partial charge on any atom is 0.336 e. The fraction of sp³-hybridized carbons (Fsp3) is 0.0968. The molecule has 0 saturated heterocycles. The Bertz CT molecular complexity index is 1600. The van der Waals surface area contributed by atoms with E-state index in [1.807, 2.05) is 30.3 Å². The molecule has 10 heteroatoms. The van der Waals surface area contributed by atoms with Gasteiger partial charge in [-0.2, -0.15) is 0 Å². The minimum atomic E-state index is -1.63. The van der Waals surface area contributed by atoms with Crippen molar-refractivity contribution in [1.82, 2.24) is 4.90 Å². The van der Waals surface area contributed by atoms with Crippen LogP contribution in [0, 0.1) is 0 Å². The van der Waals surface area contributed by atoms with E-state index in [0.29, 0.717) is 34.4 Å². The molecule has 0 aliphatic heterocycles. The Balaban J connectivity index is 1.73. The Hall–Kier alpha value is -5.64. The van der Waals surface area contributed by atoms with Crippen LogP contribution < -0.4 is 9.47 Å². The Morgan fingerprint density at radius 2 is 1.15 bits per heavy atom. The van der Waals surface area contributed by atoms with Crippen LogP contribution in [-0.2, 0) is 13.1 Å². The molecule has 0 bridgehead atoms. The lowest BCUT2D eigenvalue weighted by atomic mass is 9.96. The molecule has 0 aliphatic rings. The fourth-order valence-electron chi connectivity index (χ4n) is 4.22. The van der Waals surface area contributed by atoms with Gasteiger partial charge < -0.3 is 29.7 Å². The van der Waals surface area contributed by atoms with E-state index in [2.05, 4.69) is 0 Å². The summed E-state index contributed by atoms with van der Waals surface area (Å²) in [5, 5.41) is 28.8. The molecular formula is C31H25NO9. The van der Waals surface area contributed by atoms with E-state index in [1.165, 1.54) is 12.0 Å². The molecule has 0 saturated carbocycles. The number of carbonyl (C=O) groups is 4. The first kappa shape index (κ1) is 28.4. The third kappa shape index (κ3) is 6.69. The van der Waals surface area contributed by atoms with Gasteiger partial charge in [0, 0.05) is 18.7 Å². The number of para-hydroxylation sites is 2. The second kappa shape index (κ2) is 12.5. The average Bonchev–Trinajstić information content (AvgIpc) is 2.97. The number of nitrogens with zero attached hydrogens (tertiary/aromatic N) is 1. The summed E-state index contributed by atoms with van der Waals surface area (Å²) >= 11 is 0. The lowest BCUT2D eigenvalue weighted by Gasteiger charge is -2.25. The summed E-state index contributed by atoms with van der Waals surface area (Å²) in [4.78, 5) is 50.7. The molecule has 0 spiro atoms. The molecule has 0 radical (unpaired) electrons. The molecule has 10 nitrogen and oxygen atoms in total. The number of methoxy groups -OCH3 is 1. The molecule has 3 N–H and O–H groups in total. The van der Waals surface area contributed by atoms with E-state index < -0.39 is 46.1 Å². The molecule has 0 unspecified atom stereocenters. The molecule has 208 valence electrons. The van der Waals surface area contributed by atoms with Crippen molar-refractivity contribution in [3.8, 4) is 17.2 Å². The number of amides is 1. The van der Waals surface area contributed by atoms with Crippen LogP contribution in [0.15, 0.2) is 91.0 Å². The van der Waals surface area contributed by atoms with Gasteiger partial charge in [-0.1, -0.05) is 48.5 Å². The smallest absolute Gasteiger partial charge is 0.336 e. The topological polar surface area (TPSA) is 151 Å². The normalized spacial score (nSPS) is 10.5. The van der Waals surface area contributed by atoms with Gasteiger partial charge in [0.05, 0.1) is 29.4 Å². The van der Waals surface area contributed by atoms with Gasteiger partial charge in [-0.15, -0.1) is 0 Å². The predicted octanol–water partition coefficient (Wildman–Crippen LogP) is 5.42. The number of hydrogen-bond acceptors (Lipinski definition) is 6. The molecule has 0 aliphatic carbocycles. The maximum absolute atomic E-state index is 13.9. The average molecular weight is 556 g/mol. The lowest BCUT2D eigenvalue weighted by molar-refractivity contribution is 0.0643. The first-order valence-electron chi connectivity index (χ1n) is 12.3. The van der Waals surface area contributed by atoms with Crippen molar-refractivity contribution in [3.63, 3.8) is 0 Å². The molecule has 41 heavy (non-hydrogen) atoms. The third-order valence-electron chi connectivity index (χ3n) is 6.20. The molecule has 0 atom stereocenters. The summed E-state index contributed by atoms with van der Waals surface area (Å²) in [6.45, 7) is -0.0160. The van der Waals surface area contributed by atoms with Crippen LogP contribution >= 0.6 is 0 Å². The summed E-state index contributed by atoms with van der Waals surface area (Å²) in [7, 11) is 1.47. The van der Waals surface area contributed by atoms with Gasteiger partial charge >= 0.3 is 17.9 Å². The Kier molecular flexibility index (Phi) is 8.63. The quantitative estimate of drug-likeness (QED) is 0.220. The standard InChI is InChI=1S/C31H25NO9/c1-40-27-10-6-5-7-20(27)18-32(17-19-11-13-22(14-12-19)41-21-8-3-2-4-9-21)28(33)23-15-25(30(36)37)26(31(38)39)16-24(23)29(34)35/h2-16H,17-18H2,1H3,(H,34,35)(H,36,37)(H,38,39). The monoisotopic (exact) mass is 555 g/mol. The van der Waals surface area contributed by atoms with Gasteiger partial charge in [-0.25, -0.2) is 14.4 Å². The molecule has 0 fully saturated rings. The van der Waals surface area contributed by atoms with E-state index in [4.69, 9.17) is 9.47 Å². The van der Waals surface area contributed by atoms with Crippen molar-refractivity contribution >= 4 is 23.8 Å². The number of aromatic carboxylic acids is 3. The maximum atomic E-state index is 13.9. The molecule has 4 aromatic rings. The molecule has 4 rings (SSSR count). The van der Waals surface area contributed by atoms with Gasteiger partial charge in [0.15, 0.2) is 0 Å². The van der Waals surface area contributed by atoms with Crippen molar-refractivity contribution in [2.24, 2.45) is 0 Å². The highest BCUT2D eigenvalue weighted by molar-refractivity contribution is 6.10. The van der Waals surface area contributed by atoms with Crippen molar-refractivity contribution in [1.29, 1.82) is 0 Å². The highest BCUT2D eigenvalue weighted by Crippen LogP contribution is 2.26. The van der Waals surface area contributed by atoms with Crippen molar-refractivity contribution in [2.45, 2.75) is 13.1 Å². The van der Waals surface area contributed by atoms with Crippen LogP contribution in [0.3, 0.4) is 0 Å². The molecular weight excluding hydrogens is 530 g/mol. The SMILES string of the molecule is COc1ccccc1CN(Cc1ccc(Oc2ccccc2)cc1)C(=O)c1cc(C(=O)O)c(C(=O)O)cc1C(=O)O. The summed E-state index contributed by atoms with van der Waals surface area (Å²) in [6, 6.07) is 24.6. The van der Waals surface area contributed by atoms with Gasteiger partial charge in [-0.05, 0) is 48.0 Å². The number of carbonyl (C=O) groups excluding carboxylic acids is 1. The van der Waals surface area contributed by atoms with Crippen LogP contribution in [0.2, 0.25) is 0 Å². The number of ether oxygens (including phenoxy) is 2. The summed E-state index contributed by atoms with van der Waals surface area (Å²) in [5.74, 6) is -3.93. The van der Waals surface area contributed by atoms with E-state index in [-0.39, 0.29) is 13.1 Å². The zero-order valence-corrected chi connectivity index (χ0v) is 21.8. The number of carboxylic acid groups (broad SMARTS) is 3. The predicted molar refractivity (Wildman–Crippen MR) is 147 cm³/mol. The highest BCUT2D eigenvalue weighted by Gasteiger charge is 2.28. The third-order valence-corrected chi connectivity index (χ3v) is 6.20. The van der Waals surface area contributed by atoms with Crippen molar-refractivity contribution < 1.29 is 44.0 Å². The Morgan fingerprint density at radius 3 is 1.73 bits per heavy atom. The highest BCUT2D eigenvalue weighted by atomic mass is 16.5. The van der Waals surface area contributed by atoms with Gasteiger partial charge in [0.1, 0.15) is 17.2 Å². The number of carboxylic acids is 3. The molecule has 4 aromatic carbocycles. The van der Waals surface area contributed by atoms with E-state index in [9.17, 15) is 34.5 Å². The van der Waals surface area contributed by atoms with Crippen LogP contribution in [0.4, 0.5) is 0 Å². The lowest BCUT2D eigenvalue weighted by Crippen LogP contribution is -2.32. The van der Waals surface area contributed by atoms with Crippen LogP contribution in [0.1, 0.15) is 52.6 Å². The zero-order valence-electron chi connectivity index (χ0n) is 21.8. The number of rotatable bonds is 11. The van der Waals surface area contributed by atoms with Crippen LogP contribution in [-0.4, -0.2) is 51.1 Å². The van der Waals surface area contributed by atoms with Gasteiger partial charge in [0.2, 0.25) is 0 Å².